The van der Waals surface area contributed by atoms with Crippen molar-refractivity contribution in [3.8, 4) is 11.3 Å². The first-order valence-electron chi connectivity index (χ1n) is 9.77. The van der Waals surface area contributed by atoms with E-state index in [2.05, 4.69) is 20.7 Å². The number of carbonyl (C=O) groups is 1. The number of urea groups is 1. The second kappa shape index (κ2) is 9.05. The van der Waals surface area contributed by atoms with Crippen LogP contribution in [0.1, 0.15) is 22.7 Å². The molecule has 4 rings (SSSR count). The molecule has 6 nitrogen and oxygen atoms in total. The first-order valence-corrected chi connectivity index (χ1v) is 9.77. The van der Waals surface area contributed by atoms with Crippen LogP contribution in [0.3, 0.4) is 0 Å². The molecule has 2 aromatic heterocycles. The van der Waals surface area contributed by atoms with E-state index in [1.165, 1.54) is 0 Å². The highest BCUT2D eigenvalue weighted by Gasteiger charge is 2.16. The van der Waals surface area contributed by atoms with Crippen LogP contribution in [0.15, 0.2) is 91.4 Å². The van der Waals surface area contributed by atoms with E-state index in [0.717, 1.165) is 27.9 Å². The normalized spacial score (nSPS) is 10.7. The van der Waals surface area contributed by atoms with Gasteiger partial charge in [0.15, 0.2) is 0 Å². The Morgan fingerprint density at radius 1 is 0.967 bits per heavy atom. The van der Waals surface area contributed by atoms with Gasteiger partial charge in [0.1, 0.15) is 0 Å². The Kier molecular flexibility index (Phi) is 5.85. The highest BCUT2D eigenvalue weighted by atomic mass is 16.2. The number of benzene rings is 2. The second-order valence-electron chi connectivity index (χ2n) is 7.00. The minimum atomic E-state index is -0.237. The SMILES string of the molecule is Cn1nccc1-c1cncc(CNC(=O)NC(c2ccccc2)c2ccccc2)c1. The Hall–Kier alpha value is -3.93. The number of aryl methyl sites for hydroxylation is 1. The summed E-state index contributed by atoms with van der Waals surface area (Å²) < 4.78 is 1.80. The van der Waals surface area contributed by atoms with E-state index in [1.54, 1.807) is 23.3 Å². The van der Waals surface area contributed by atoms with Gasteiger partial charge in [-0.1, -0.05) is 60.7 Å². The Labute approximate surface area is 175 Å². The van der Waals surface area contributed by atoms with E-state index in [4.69, 9.17) is 0 Å². The number of carbonyl (C=O) groups excluding carboxylic acids is 1. The molecule has 0 radical (unpaired) electrons. The highest BCUT2D eigenvalue weighted by molar-refractivity contribution is 5.75. The number of aromatic nitrogens is 3. The number of amides is 2. The molecule has 2 aromatic carbocycles. The summed E-state index contributed by atoms with van der Waals surface area (Å²) in [6.07, 6.45) is 5.30. The summed E-state index contributed by atoms with van der Waals surface area (Å²) in [5, 5.41) is 10.2. The van der Waals surface area contributed by atoms with Gasteiger partial charge in [-0.05, 0) is 28.8 Å². The maximum atomic E-state index is 12.7. The second-order valence-corrected chi connectivity index (χ2v) is 7.00. The number of nitrogens with zero attached hydrogens (tertiary/aromatic N) is 3. The summed E-state index contributed by atoms with van der Waals surface area (Å²) in [7, 11) is 1.89. The van der Waals surface area contributed by atoms with Crippen LogP contribution >= 0.6 is 0 Å². The van der Waals surface area contributed by atoms with Gasteiger partial charge in [0, 0.05) is 37.7 Å². The predicted molar refractivity (Wildman–Crippen MR) is 117 cm³/mol. The van der Waals surface area contributed by atoms with Crippen LogP contribution in [-0.4, -0.2) is 20.8 Å². The smallest absolute Gasteiger partial charge is 0.315 e. The Morgan fingerprint density at radius 2 is 1.63 bits per heavy atom. The number of hydrogen-bond acceptors (Lipinski definition) is 3. The minimum absolute atomic E-state index is 0.230. The standard InChI is InChI=1S/C24H23N5O/c1-29-22(12-13-27-29)21-14-18(15-25-17-21)16-26-24(30)28-23(19-8-4-2-5-9-19)20-10-6-3-7-11-20/h2-15,17,23H,16H2,1H3,(H2,26,28,30). The van der Waals surface area contributed by atoms with Crippen molar-refractivity contribution in [1.29, 1.82) is 0 Å². The van der Waals surface area contributed by atoms with Crippen LogP contribution in [0.25, 0.3) is 11.3 Å². The first kappa shape index (κ1) is 19.4. The monoisotopic (exact) mass is 397 g/mol. The largest absolute Gasteiger partial charge is 0.334 e. The maximum Gasteiger partial charge on any atom is 0.315 e. The summed E-state index contributed by atoms with van der Waals surface area (Å²) in [5.41, 5.74) is 4.90. The third kappa shape index (κ3) is 4.55. The van der Waals surface area contributed by atoms with Crippen LogP contribution < -0.4 is 10.6 Å². The van der Waals surface area contributed by atoms with E-state index in [-0.39, 0.29) is 12.1 Å². The molecule has 0 aliphatic rings. The summed E-state index contributed by atoms with van der Waals surface area (Å²) in [6.45, 7) is 0.376. The summed E-state index contributed by atoms with van der Waals surface area (Å²) in [4.78, 5) is 17.0. The van der Waals surface area contributed by atoms with Gasteiger partial charge in [-0.15, -0.1) is 0 Å². The van der Waals surface area contributed by atoms with Crippen molar-refractivity contribution in [1.82, 2.24) is 25.4 Å². The lowest BCUT2D eigenvalue weighted by molar-refractivity contribution is 0.238. The van der Waals surface area contributed by atoms with Crippen molar-refractivity contribution in [2.45, 2.75) is 12.6 Å². The molecule has 0 spiro atoms. The van der Waals surface area contributed by atoms with Crippen LogP contribution in [0.4, 0.5) is 4.79 Å². The molecule has 2 N–H and O–H groups in total. The minimum Gasteiger partial charge on any atom is -0.334 e. The molecular weight excluding hydrogens is 374 g/mol. The van der Waals surface area contributed by atoms with Gasteiger partial charge in [-0.25, -0.2) is 4.79 Å². The molecule has 6 heteroatoms. The molecule has 30 heavy (non-hydrogen) atoms. The number of hydrogen-bond donors (Lipinski definition) is 2. The van der Waals surface area contributed by atoms with Crippen molar-refractivity contribution in [2.75, 3.05) is 0 Å². The molecule has 150 valence electrons. The maximum absolute atomic E-state index is 12.7. The van der Waals surface area contributed by atoms with Crippen molar-refractivity contribution in [3.63, 3.8) is 0 Å². The summed E-state index contributed by atoms with van der Waals surface area (Å²) in [5.74, 6) is 0. The first-order chi connectivity index (χ1) is 14.7. The van der Waals surface area contributed by atoms with E-state index in [1.807, 2.05) is 79.8 Å². The fourth-order valence-electron chi connectivity index (χ4n) is 3.40. The quantitative estimate of drug-likeness (QED) is 0.515. The van der Waals surface area contributed by atoms with Gasteiger partial charge in [-0.2, -0.15) is 5.10 Å². The van der Waals surface area contributed by atoms with E-state index < -0.39 is 0 Å². The van der Waals surface area contributed by atoms with Crippen molar-refractivity contribution in [3.05, 3.63) is 108 Å². The molecule has 0 bridgehead atoms. The molecule has 0 atom stereocenters. The van der Waals surface area contributed by atoms with Gasteiger partial charge in [-0.3, -0.25) is 9.67 Å². The van der Waals surface area contributed by atoms with Gasteiger partial charge < -0.3 is 10.6 Å². The fourth-order valence-corrected chi connectivity index (χ4v) is 3.40. The lowest BCUT2D eigenvalue weighted by atomic mass is 9.99. The van der Waals surface area contributed by atoms with Crippen LogP contribution in [0, 0.1) is 0 Å². The zero-order chi connectivity index (χ0) is 20.8. The Bertz CT molecular complexity index is 1070. The molecule has 0 saturated carbocycles. The van der Waals surface area contributed by atoms with Gasteiger partial charge in [0.25, 0.3) is 0 Å². The lowest BCUT2D eigenvalue weighted by Crippen LogP contribution is -2.38. The molecule has 0 aliphatic carbocycles. The highest BCUT2D eigenvalue weighted by Crippen LogP contribution is 2.22. The third-order valence-electron chi connectivity index (χ3n) is 4.91. The average Bonchev–Trinajstić information content (AvgIpc) is 3.23. The molecule has 4 aromatic rings. The predicted octanol–water partition coefficient (Wildman–Crippen LogP) is 4.07. The molecule has 0 unspecified atom stereocenters. The molecular formula is C24H23N5O. The van der Waals surface area contributed by atoms with Crippen LogP contribution in [0.5, 0.6) is 0 Å². The number of rotatable bonds is 6. The Balaban J connectivity index is 1.45. The van der Waals surface area contributed by atoms with Crippen molar-refractivity contribution < 1.29 is 4.79 Å². The van der Waals surface area contributed by atoms with Gasteiger partial charge in [0.2, 0.25) is 0 Å². The van der Waals surface area contributed by atoms with Crippen molar-refractivity contribution >= 4 is 6.03 Å². The lowest BCUT2D eigenvalue weighted by Gasteiger charge is -2.20. The topological polar surface area (TPSA) is 71.8 Å². The zero-order valence-electron chi connectivity index (χ0n) is 16.7. The summed E-state index contributed by atoms with van der Waals surface area (Å²) >= 11 is 0. The van der Waals surface area contributed by atoms with Crippen LogP contribution in [-0.2, 0) is 13.6 Å². The van der Waals surface area contributed by atoms with E-state index in [0.29, 0.717) is 6.54 Å². The number of nitrogens with one attached hydrogen (secondary N) is 2. The molecule has 0 aliphatic heterocycles. The van der Waals surface area contributed by atoms with E-state index in [9.17, 15) is 4.79 Å². The molecule has 0 saturated heterocycles. The van der Waals surface area contributed by atoms with Crippen molar-refractivity contribution in [2.24, 2.45) is 7.05 Å². The summed E-state index contributed by atoms with van der Waals surface area (Å²) in [6, 6.07) is 23.4. The van der Waals surface area contributed by atoms with Gasteiger partial charge in [0.05, 0.1) is 11.7 Å². The molecule has 2 heterocycles. The zero-order valence-corrected chi connectivity index (χ0v) is 16.7. The average molecular weight is 397 g/mol. The fraction of sp³-hybridized carbons (Fsp3) is 0.125. The van der Waals surface area contributed by atoms with Crippen LogP contribution in [0.2, 0.25) is 0 Å². The molecule has 2 amide bonds. The molecule has 0 fully saturated rings. The van der Waals surface area contributed by atoms with Gasteiger partial charge >= 0.3 is 6.03 Å². The van der Waals surface area contributed by atoms with E-state index >= 15 is 0 Å². The number of pyridine rings is 1. The third-order valence-corrected chi connectivity index (χ3v) is 4.91. The Morgan fingerprint density at radius 3 is 2.23 bits per heavy atom.